The fourth-order valence-corrected chi connectivity index (χ4v) is 2.43. The molecule has 0 N–H and O–H groups in total. The average Bonchev–Trinajstić information content (AvgIpc) is 3.33. The summed E-state index contributed by atoms with van der Waals surface area (Å²) in [6, 6.07) is 3.97. The zero-order valence-corrected chi connectivity index (χ0v) is 12.8. The van der Waals surface area contributed by atoms with Crippen LogP contribution in [0.4, 0.5) is 0 Å². The lowest BCUT2D eigenvalue weighted by atomic mass is 10.2. The molecule has 5 heteroatoms. The molecule has 0 radical (unpaired) electrons. The van der Waals surface area contributed by atoms with Gasteiger partial charge in [0.25, 0.3) is 0 Å². The number of aryl methyl sites for hydroxylation is 1. The number of rotatable bonds is 6. The van der Waals surface area contributed by atoms with Crippen LogP contribution in [0.2, 0.25) is 0 Å². The van der Waals surface area contributed by atoms with E-state index in [2.05, 4.69) is 21.5 Å². The van der Waals surface area contributed by atoms with Crippen molar-refractivity contribution < 1.29 is 9.47 Å². The van der Waals surface area contributed by atoms with Gasteiger partial charge in [0, 0.05) is 23.7 Å². The molecule has 1 unspecified atom stereocenters. The number of methoxy groups -OCH3 is 1. The molecule has 1 fully saturated rings. The van der Waals surface area contributed by atoms with E-state index < -0.39 is 0 Å². The molecular formula is C17H19N3O2. The van der Waals surface area contributed by atoms with Crippen molar-refractivity contribution in [2.24, 2.45) is 5.92 Å². The van der Waals surface area contributed by atoms with Gasteiger partial charge in [0.15, 0.2) is 0 Å². The number of hydrogen-bond acceptors (Lipinski definition) is 5. The summed E-state index contributed by atoms with van der Waals surface area (Å²) in [4.78, 5) is 12.9. The van der Waals surface area contributed by atoms with E-state index in [1.807, 2.05) is 19.1 Å². The fraction of sp³-hybridized carbons (Fsp3) is 0.353. The number of nitrogens with zero attached hydrogens (tertiary/aromatic N) is 3. The van der Waals surface area contributed by atoms with Gasteiger partial charge in [-0.3, -0.25) is 4.98 Å². The summed E-state index contributed by atoms with van der Waals surface area (Å²) < 4.78 is 11.0. The molecule has 2 aromatic rings. The minimum atomic E-state index is 0.459. The first-order valence-electron chi connectivity index (χ1n) is 7.30. The zero-order chi connectivity index (χ0) is 15.5. The van der Waals surface area contributed by atoms with Crippen LogP contribution in [0, 0.1) is 12.8 Å². The molecule has 22 heavy (non-hydrogen) atoms. The van der Waals surface area contributed by atoms with E-state index in [-0.39, 0.29) is 0 Å². The van der Waals surface area contributed by atoms with Crippen molar-refractivity contribution in [1.29, 1.82) is 0 Å². The van der Waals surface area contributed by atoms with Gasteiger partial charge in [-0.1, -0.05) is 12.7 Å². The summed E-state index contributed by atoms with van der Waals surface area (Å²) in [6.45, 7) is 6.24. The van der Waals surface area contributed by atoms with E-state index in [4.69, 9.17) is 9.47 Å². The largest absolute Gasteiger partial charge is 0.495 e. The number of aromatic nitrogens is 3. The van der Waals surface area contributed by atoms with Gasteiger partial charge in [-0.25, -0.2) is 4.98 Å². The Balaban J connectivity index is 1.60. The van der Waals surface area contributed by atoms with Gasteiger partial charge in [-0.2, -0.15) is 4.98 Å². The molecule has 0 aromatic carbocycles. The van der Waals surface area contributed by atoms with Crippen molar-refractivity contribution in [1.82, 2.24) is 15.0 Å². The quantitative estimate of drug-likeness (QED) is 0.820. The molecule has 1 aliphatic rings. The smallest absolute Gasteiger partial charge is 0.224 e. The first-order valence-corrected chi connectivity index (χ1v) is 7.30. The van der Waals surface area contributed by atoms with Crippen LogP contribution in [0.3, 0.4) is 0 Å². The molecule has 0 spiro atoms. The third-order valence-corrected chi connectivity index (χ3v) is 3.85. The summed E-state index contributed by atoms with van der Waals surface area (Å²) in [7, 11) is 1.64. The van der Waals surface area contributed by atoms with Crippen molar-refractivity contribution in [3.05, 3.63) is 48.2 Å². The zero-order valence-electron chi connectivity index (χ0n) is 12.8. The highest BCUT2D eigenvalue weighted by Crippen LogP contribution is 2.46. The Kier molecular flexibility index (Phi) is 4.04. The van der Waals surface area contributed by atoms with Crippen LogP contribution in [0.25, 0.3) is 6.08 Å². The Bertz CT molecular complexity index is 670. The summed E-state index contributed by atoms with van der Waals surface area (Å²) in [5.41, 5.74) is 1.92. The maximum atomic E-state index is 5.85. The van der Waals surface area contributed by atoms with Gasteiger partial charge in [0.1, 0.15) is 11.6 Å². The Hall–Kier alpha value is -2.43. The molecule has 2 atom stereocenters. The Morgan fingerprint density at radius 2 is 2.18 bits per heavy atom. The van der Waals surface area contributed by atoms with Crippen molar-refractivity contribution in [3.8, 4) is 11.6 Å². The van der Waals surface area contributed by atoms with Gasteiger partial charge >= 0.3 is 0 Å². The first kappa shape index (κ1) is 14.5. The van der Waals surface area contributed by atoms with Crippen LogP contribution in [0.15, 0.2) is 31.1 Å². The van der Waals surface area contributed by atoms with Crippen LogP contribution in [0.1, 0.15) is 29.4 Å². The summed E-state index contributed by atoms with van der Waals surface area (Å²) >= 11 is 0. The first-order chi connectivity index (χ1) is 10.7. The Morgan fingerprint density at radius 1 is 1.32 bits per heavy atom. The molecule has 114 valence electrons. The van der Waals surface area contributed by atoms with Gasteiger partial charge < -0.3 is 9.47 Å². The fourth-order valence-electron chi connectivity index (χ4n) is 2.43. The van der Waals surface area contributed by atoms with E-state index >= 15 is 0 Å². The lowest BCUT2D eigenvalue weighted by Gasteiger charge is -2.08. The summed E-state index contributed by atoms with van der Waals surface area (Å²) in [5.74, 6) is 3.03. The van der Waals surface area contributed by atoms with Crippen LogP contribution in [0.5, 0.6) is 11.6 Å². The monoisotopic (exact) mass is 297 g/mol. The number of pyridine rings is 1. The summed E-state index contributed by atoms with van der Waals surface area (Å²) in [5, 5.41) is 0. The van der Waals surface area contributed by atoms with Crippen LogP contribution in [-0.2, 0) is 0 Å². The molecule has 5 nitrogen and oxygen atoms in total. The molecule has 1 aliphatic carbocycles. The van der Waals surface area contributed by atoms with Gasteiger partial charge in [-0.05, 0) is 25.5 Å². The Morgan fingerprint density at radius 3 is 2.86 bits per heavy atom. The lowest BCUT2D eigenvalue weighted by molar-refractivity contribution is 0.283. The van der Waals surface area contributed by atoms with Gasteiger partial charge in [0.2, 0.25) is 5.88 Å². The van der Waals surface area contributed by atoms with Crippen LogP contribution >= 0.6 is 0 Å². The van der Waals surface area contributed by atoms with E-state index in [0.29, 0.717) is 30.1 Å². The van der Waals surface area contributed by atoms with Crippen molar-refractivity contribution in [3.63, 3.8) is 0 Å². The normalized spacial score (nSPS) is 19.5. The highest BCUT2D eigenvalue weighted by atomic mass is 16.5. The van der Waals surface area contributed by atoms with Crippen molar-refractivity contribution >= 4 is 6.08 Å². The third-order valence-electron chi connectivity index (χ3n) is 3.85. The van der Waals surface area contributed by atoms with Gasteiger partial charge in [-0.15, -0.1) is 0 Å². The van der Waals surface area contributed by atoms with Gasteiger partial charge in [0.05, 0.1) is 25.5 Å². The Labute approximate surface area is 130 Å². The summed E-state index contributed by atoms with van der Waals surface area (Å²) in [6.07, 6.45) is 6.30. The topological polar surface area (TPSA) is 57.1 Å². The third kappa shape index (κ3) is 3.08. The molecule has 1 saturated carbocycles. The van der Waals surface area contributed by atoms with Crippen LogP contribution in [-0.4, -0.2) is 28.7 Å². The second-order valence-electron chi connectivity index (χ2n) is 5.42. The second kappa shape index (κ2) is 6.13. The standard InChI is InChI=1S/C17H19N3O2/c1-4-12-8-18-11(2)20-17(12)22-10-13-7-15(13)16-6-5-14(21-3)9-19-16/h4-6,8-9,13,15H,1,7,10H2,2-3H3/t13-,15?/m1/s1. The highest BCUT2D eigenvalue weighted by Gasteiger charge is 2.40. The lowest BCUT2D eigenvalue weighted by Crippen LogP contribution is -2.05. The van der Waals surface area contributed by atoms with E-state index in [1.54, 1.807) is 25.6 Å². The molecule has 0 aliphatic heterocycles. The van der Waals surface area contributed by atoms with Crippen molar-refractivity contribution in [2.45, 2.75) is 19.3 Å². The van der Waals surface area contributed by atoms with E-state index in [1.165, 1.54) is 0 Å². The molecule has 3 rings (SSSR count). The van der Waals surface area contributed by atoms with Crippen LogP contribution < -0.4 is 9.47 Å². The van der Waals surface area contributed by atoms with E-state index in [9.17, 15) is 0 Å². The number of ether oxygens (including phenoxy) is 2. The molecule has 0 bridgehead atoms. The SMILES string of the molecule is C=Cc1cnc(C)nc1OC[C@H]1CC1c1ccc(OC)cn1. The second-order valence-corrected chi connectivity index (χ2v) is 5.42. The molecular weight excluding hydrogens is 278 g/mol. The highest BCUT2D eigenvalue weighted by molar-refractivity contribution is 5.51. The maximum absolute atomic E-state index is 5.85. The minimum Gasteiger partial charge on any atom is -0.495 e. The predicted octanol–water partition coefficient (Wildman–Crippen LogP) is 3.01. The van der Waals surface area contributed by atoms with Crippen molar-refractivity contribution in [2.75, 3.05) is 13.7 Å². The minimum absolute atomic E-state index is 0.459. The molecule has 0 amide bonds. The maximum Gasteiger partial charge on any atom is 0.224 e. The predicted molar refractivity (Wildman–Crippen MR) is 84.0 cm³/mol. The molecule has 0 saturated heterocycles. The molecule has 2 heterocycles. The van der Waals surface area contributed by atoms with E-state index in [0.717, 1.165) is 23.4 Å². The average molecular weight is 297 g/mol. The number of hydrogen-bond donors (Lipinski definition) is 0. The molecule has 2 aromatic heterocycles.